The summed E-state index contributed by atoms with van der Waals surface area (Å²) in [7, 11) is 4.49. The normalized spacial score (nSPS) is 24.1. The second-order valence-corrected chi connectivity index (χ2v) is 9.85. The predicted octanol–water partition coefficient (Wildman–Crippen LogP) is 2.06. The molecule has 0 aromatic carbocycles. The monoisotopic (exact) mass is 378 g/mol. The highest BCUT2D eigenvalue weighted by molar-refractivity contribution is 5.60. The molecule has 1 aromatic rings. The van der Waals surface area contributed by atoms with E-state index in [4.69, 9.17) is 9.15 Å². The van der Waals surface area contributed by atoms with Gasteiger partial charge >= 0.3 is 0 Å². The van der Waals surface area contributed by atoms with Crippen molar-refractivity contribution in [3.63, 3.8) is 0 Å². The fourth-order valence-corrected chi connectivity index (χ4v) is 4.58. The summed E-state index contributed by atoms with van der Waals surface area (Å²) < 4.78 is 11.7. The van der Waals surface area contributed by atoms with Gasteiger partial charge in [0.2, 0.25) is 0 Å². The Bertz CT molecular complexity index is 563. The maximum absolute atomic E-state index is 5.98. The van der Waals surface area contributed by atoms with E-state index in [2.05, 4.69) is 59.1 Å². The number of rotatable bonds is 10. The number of hydrogen-bond acceptors (Lipinski definition) is 2. The highest BCUT2D eigenvalue weighted by atomic mass is 16.5. The summed E-state index contributed by atoms with van der Waals surface area (Å²) in [5.74, 6) is 2.37. The standard InChI is InChI=1S/C23H40N2O2/c1-19(2)9-10-20(21-8-7-14-26-21)11-13-24-17-23(18-25(5)6)12-15-27-22(3,4)16-23/h7-8,14,17,19-20H,9-13,15-16,18H2,1-6H3/p+2/t20-,23-/m0/s1. The molecule has 4 heteroatoms. The molecule has 4 nitrogen and oxygen atoms in total. The Balaban J connectivity index is 1.98. The number of quaternary nitrogens is 1. The van der Waals surface area contributed by atoms with Crippen LogP contribution in [0.3, 0.4) is 0 Å². The van der Waals surface area contributed by atoms with E-state index in [0.29, 0.717) is 5.92 Å². The largest absolute Gasteiger partial charge is 0.469 e. The smallest absolute Gasteiger partial charge is 0.150 e. The highest BCUT2D eigenvalue weighted by Gasteiger charge is 2.44. The molecule has 1 aromatic heterocycles. The van der Waals surface area contributed by atoms with Crippen LogP contribution < -0.4 is 9.89 Å². The summed E-state index contributed by atoms with van der Waals surface area (Å²) in [6.07, 6.45) is 9.93. The molecule has 0 amide bonds. The molecule has 2 N–H and O–H groups in total. The molecular weight excluding hydrogens is 336 g/mol. The molecule has 0 radical (unpaired) electrons. The van der Waals surface area contributed by atoms with Gasteiger partial charge in [-0.3, -0.25) is 4.99 Å². The maximum atomic E-state index is 5.98. The summed E-state index contributed by atoms with van der Waals surface area (Å²) in [6.45, 7) is 12.0. The van der Waals surface area contributed by atoms with Gasteiger partial charge < -0.3 is 14.1 Å². The molecular formula is C23H42N2O2+2. The van der Waals surface area contributed by atoms with Crippen molar-refractivity contribution in [1.82, 2.24) is 0 Å². The second kappa shape index (κ2) is 9.88. The van der Waals surface area contributed by atoms with Gasteiger partial charge in [0.1, 0.15) is 23.9 Å². The molecule has 27 heavy (non-hydrogen) atoms. The lowest BCUT2D eigenvalue weighted by Crippen LogP contribution is -3.07. The molecule has 2 atom stereocenters. The number of hydrogen-bond donors (Lipinski definition) is 2. The van der Waals surface area contributed by atoms with Crippen LogP contribution in [0.4, 0.5) is 0 Å². The van der Waals surface area contributed by atoms with Crippen LogP contribution in [0.5, 0.6) is 0 Å². The first-order valence-corrected chi connectivity index (χ1v) is 10.8. The first kappa shape index (κ1) is 22.2. The van der Waals surface area contributed by atoms with Crippen molar-refractivity contribution in [2.75, 3.05) is 33.8 Å². The fourth-order valence-electron chi connectivity index (χ4n) is 4.58. The van der Waals surface area contributed by atoms with E-state index in [-0.39, 0.29) is 11.0 Å². The van der Waals surface area contributed by atoms with E-state index in [1.165, 1.54) is 17.7 Å². The van der Waals surface area contributed by atoms with Gasteiger partial charge in [0, 0.05) is 18.9 Å². The van der Waals surface area contributed by atoms with Gasteiger partial charge in [-0.1, -0.05) is 20.3 Å². The summed E-state index contributed by atoms with van der Waals surface area (Å²) in [6, 6.07) is 4.14. The van der Waals surface area contributed by atoms with E-state index in [9.17, 15) is 0 Å². The Morgan fingerprint density at radius 2 is 2.00 bits per heavy atom. The van der Waals surface area contributed by atoms with Crippen molar-refractivity contribution in [2.24, 2.45) is 11.3 Å². The van der Waals surface area contributed by atoms with Crippen LogP contribution in [-0.4, -0.2) is 45.6 Å². The lowest BCUT2D eigenvalue weighted by molar-refractivity contribution is -0.864. The summed E-state index contributed by atoms with van der Waals surface area (Å²) >= 11 is 0. The van der Waals surface area contributed by atoms with E-state index >= 15 is 0 Å². The molecule has 0 spiro atoms. The minimum absolute atomic E-state index is 0.0418. The van der Waals surface area contributed by atoms with Crippen LogP contribution in [0.25, 0.3) is 0 Å². The lowest BCUT2D eigenvalue weighted by Gasteiger charge is -2.41. The first-order valence-electron chi connectivity index (χ1n) is 10.8. The van der Waals surface area contributed by atoms with E-state index in [0.717, 1.165) is 50.6 Å². The second-order valence-electron chi connectivity index (χ2n) is 9.85. The molecule has 2 heterocycles. The minimum atomic E-state index is -0.0418. The van der Waals surface area contributed by atoms with Gasteiger partial charge in [-0.2, -0.15) is 0 Å². The van der Waals surface area contributed by atoms with Gasteiger partial charge in [0.15, 0.2) is 0 Å². The summed E-state index contributed by atoms with van der Waals surface area (Å²) in [5.41, 5.74) is 0.165. The van der Waals surface area contributed by atoms with Gasteiger partial charge in [0.05, 0.1) is 32.5 Å². The van der Waals surface area contributed by atoms with Crippen LogP contribution in [-0.2, 0) is 4.74 Å². The average molecular weight is 379 g/mol. The number of ether oxygens (including phenoxy) is 1. The van der Waals surface area contributed by atoms with Crippen LogP contribution >= 0.6 is 0 Å². The third-order valence-electron chi connectivity index (χ3n) is 5.66. The molecule has 0 saturated carbocycles. The average Bonchev–Trinajstić information content (AvgIpc) is 3.06. The van der Waals surface area contributed by atoms with Crippen LogP contribution in [0.2, 0.25) is 0 Å². The van der Waals surface area contributed by atoms with Crippen molar-refractivity contribution in [3.05, 3.63) is 24.2 Å². The van der Waals surface area contributed by atoms with Gasteiger partial charge in [-0.05, 0) is 51.2 Å². The zero-order valence-electron chi connectivity index (χ0n) is 18.4. The van der Waals surface area contributed by atoms with E-state index < -0.39 is 0 Å². The Kier molecular flexibility index (Phi) is 8.11. The Morgan fingerprint density at radius 1 is 1.22 bits per heavy atom. The van der Waals surface area contributed by atoms with Crippen molar-refractivity contribution in [1.29, 1.82) is 0 Å². The third kappa shape index (κ3) is 7.42. The molecule has 0 aliphatic carbocycles. The first-order chi connectivity index (χ1) is 12.7. The zero-order chi connectivity index (χ0) is 19.9. The molecule has 1 aliphatic heterocycles. The van der Waals surface area contributed by atoms with Crippen molar-refractivity contribution in [2.45, 2.75) is 71.3 Å². The Labute approximate surface area is 166 Å². The quantitative estimate of drug-likeness (QED) is 0.612. The van der Waals surface area contributed by atoms with Gasteiger partial charge in [-0.15, -0.1) is 0 Å². The fraction of sp³-hybridized carbons (Fsp3) is 0.783. The molecule has 0 bridgehead atoms. The van der Waals surface area contributed by atoms with Gasteiger partial charge in [0.25, 0.3) is 0 Å². The number of furan rings is 1. The zero-order valence-corrected chi connectivity index (χ0v) is 18.4. The predicted molar refractivity (Wildman–Crippen MR) is 111 cm³/mol. The van der Waals surface area contributed by atoms with Crippen molar-refractivity contribution in [3.8, 4) is 0 Å². The van der Waals surface area contributed by atoms with Crippen LogP contribution in [0, 0.1) is 11.3 Å². The third-order valence-corrected chi connectivity index (χ3v) is 5.66. The summed E-state index contributed by atoms with van der Waals surface area (Å²) in [4.78, 5) is 5.18. The molecule has 1 saturated heterocycles. The Hall–Kier alpha value is -1.13. The highest BCUT2D eigenvalue weighted by Crippen LogP contribution is 2.36. The van der Waals surface area contributed by atoms with E-state index in [1.54, 1.807) is 6.26 Å². The topological polar surface area (TPSA) is 40.8 Å². The van der Waals surface area contributed by atoms with Gasteiger partial charge in [-0.25, -0.2) is 0 Å². The Morgan fingerprint density at radius 3 is 2.59 bits per heavy atom. The molecule has 1 fully saturated rings. The van der Waals surface area contributed by atoms with Crippen LogP contribution in [0.1, 0.15) is 71.5 Å². The van der Waals surface area contributed by atoms with Crippen molar-refractivity contribution < 1.29 is 19.0 Å². The van der Waals surface area contributed by atoms with Crippen molar-refractivity contribution >= 4 is 6.21 Å². The van der Waals surface area contributed by atoms with Crippen LogP contribution in [0.15, 0.2) is 22.8 Å². The lowest BCUT2D eigenvalue weighted by atomic mass is 9.74. The maximum Gasteiger partial charge on any atom is 0.150 e. The number of nitrogens with one attached hydrogen (secondary N) is 2. The summed E-state index contributed by atoms with van der Waals surface area (Å²) in [5, 5.41) is 0. The molecule has 1 aliphatic rings. The SMILES string of the molecule is CC(C)CC[C@@H](CC[NH+]=C[C@]1(C[NH+](C)C)CCOC(C)(C)C1)c1ccco1. The molecule has 154 valence electrons. The van der Waals surface area contributed by atoms with E-state index in [1.807, 2.05) is 6.07 Å². The molecule has 2 rings (SSSR count). The minimum Gasteiger partial charge on any atom is -0.469 e. The molecule has 0 unspecified atom stereocenters.